The first-order valence-corrected chi connectivity index (χ1v) is 13.8. The van der Waals surface area contributed by atoms with Gasteiger partial charge in [-0.05, 0) is 105 Å². The minimum atomic E-state index is -1.07. The summed E-state index contributed by atoms with van der Waals surface area (Å²) < 4.78 is 5.72. The van der Waals surface area contributed by atoms with Crippen LogP contribution in [0, 0.1) is 29.1 Å². The molecule has 6 nitrogen and oxygen atoms in total. The van der Waals surface area contributed by atoms with Gasteiger partial charge in [-0.1, -0.05) is 37.5 Å². The van der Waals surface area contributed by atoms with Gasteiger partial charge in [-0.25, -0.2) is 9.59 Å². The van der Waals surface area contributed by atoms with Crippen LogP contribution >= 0.6 is 0 Å². The molecule has 6 heteroatoms. The van der Waals surface area contributed by atoms with E-state index in [1.165, 1.54) is 49.8 Å². The van der Waals surface area contributed by atoms with Gasteiger partial charge < -0.3 is 9.84 Å². The number of aliphatic imine (C=N–C) groups is 1. The molecule has 1 amide bonds. The molecule has 2 atom stereocenters. The number of hydrogen-bond donors (Lipinski definition) is 1. The number of benzene rings is 1. The molecule has 188 valence electrons. The van der Waals surface area contributed by atoms with Crippen molar-refractivity contribution in [3.05, 3.63) is 30.3 Å². The lowest BCUT2D eigenvalue weighted by Gasteiger charge is -2.57. The zero-order chi connectivity index (χ0) is 24.0. The number of para-hydroxylation sites is 1. The Morgan fingerprint density at radius 3 is 2.20 bits per heavy atom. The monoisotopic (exact) mass is 478 g/mol. The van der Waals surface area contributed by atoms with Gasteiger partial charge in [0.25, 0.3) is 0 Å². The lowest BCUT2D eigenvalue weighted by atomic mass is 9.48. The lowest BCUT2D eigenvalue weighted by Crippen LogP contribution is -2.52. The Bertz CT molecular complexity index is 948. The van der Waals surface area contributed by atoms with E-state index < -0.39 is 24.3 Å². The fourth-order valence-corrected chi connectivity index (χ4v) is 8.71. The van der Waals surface area contributed by atoms with E-state index in [0.29, 0.717) is 17.6 Å². The fourth-order valence-electron chi connectivity index (χ4n) is 8.71. The van der Waals surface area contributed by atoms with Gasteiger partial charge in [0.15, 0.2) is 6.04 Å². The van der Waals surface area contributed by atoms with Crippen molar-refractivity contribution in [2.24, 2.45) is 34.1 Å². The maximum atomic E-state index is 13.5. The van der Waals surface area contributed by atoms with Gasteiger partial charge in [0.1, 0.15) is 11.9 Å². The van der Waals surface area contributed by atoms with Crippen molar-refractivity contribution in [2.45, 2.75) is 95.7 Å². The molecule has 5 aliphatic carbocycles. The number of carbonyl (C=O) groups is 2. The number of ether oxygens (including phenoxy) is 1. The van der Waals surface area contributed by atoms with Crippen LogP contribution in [0.5, 0.6) is 5.75 Å². The molecule has 35 heavy (non-hydrogen) atoms. The summed E-state index contributed by atoms with van der Waals surface area (Å²) in [5, 5.41) is 10.3. The summed E-state index contributed by atoms with van der Waals surface area (Å²) in [5.41, 5.74) is 1.10. The highest BCUT2D eigenvalue weighted by molar-refractivity contribution is 6.10. The predicted octanol–water partition coefficient (Wildman–Crippen LogP) is 6.30. The second-order valence-electron chi connectivity index (χ2n) is 12.2. The molecule has 5 fully saturated rings. The van der Waals surface area contributed by atoms with E-state index in [1.54, 1.807) is 12.1 Å². The van der Waals surface area contributed by atoms with E-state index in [4.69, 9.17) is 9.73 Å². The highest BCUT2D eigenvalue weighted by Crippen LogP contribution is 2.61. The first-order chi connectivity index (χ1) is 17.0. The SMILES string of the molecule is O=C(Oc1ccccc1)C1C(CCC23CC4CC(CC(C4)C2)C3)=NC(C2CCCCC2)N1C(=O)O. The quantitative estimate of drug-likeness (QED) is 0.384. The Labute approximate surface area is 208 Å². The number of esters is 1. The summed E-state index contributed by atoms with van der Waals surface area (Å²) in [4.78, 5) is 32.4. The highest BCUT2D eigenvalue weighted by Gasteiger charge is 2.52. The summed E-state index contributed by atoms with van der Waals surface area (Å²) in [7, 11) is 0. The summed E-state index contributed by atoms with van der Waals surface area (Å²) in [6.45, 7) is 0. The average molecular weight is 479 g/mol. The van der Waals surface area contributed by atoms with Crippen LogP contribution in [0.25, 0.3) is 0 Å². The van der Waals surface area contributed by atoms with E-state index in [2.05, 4.69) is 0 Å². The molecule has 0 radical (unpaired) electrons. The largest absolute Gasteiger partial charge is 0.465 e. The maximum absolute atomic E-state index is 13.5. The predicted molar refractivity (Wildman–Crippen MR) is 133 cm³/mol. The first-order valence-electron chi connectivity index (χ1n) is 13.8. The van der Waals surface area contributed by atoms with Crippen LogP contribution in [0.2, 0.25) is 0 Å². The van der Waals surface area contributed by atoms with Gasteiger partial charge in [0.2, 0.25) is 0 Å². The van der Waals surface area contributed by atoms with Crippen LogP contribution in [-0.2, 0) is 4.79 Å². The Kier molecular flexibility index (Phi) is 6.10. The van der Waals surface area contributed by atoms with Crippen molar-refractivity contribution < 1.29 is 19.4 Å². The number of carbonyl (C=O) groups excluding carboxylic acids is 1. The Morgan fingerprint density at radius 2 is 1.60 bits per heavy atom. The molecule has 4 bridgehead atoms. The first kappa shape index (κ1) is 23.1. The smallest absolute Gasteiger partial charge is 0.410 e. The van der Waals surface area contributed by atoms with Crippen LogP contribution < -0.4 is 4.74 Å². The van der Waals surface area contributed by atoms with Crippen LogP contribution in [0.1, 0.15) is 83.5 Å². The summed E-state index contributed by atoms with van der Waals surface area (Å²) in [6, 6.07) is 8.05. The van der Waals surface area contributed by atoms with Crippen molar-refractivity contribution in [2.75, 3.05) is 0 Å². The Hall–Kier alpha value is -2.37. The van der Waals surface area contributed by atoms with E-state index in [0.717, 1.165) is 55.6 Å². The molecule has 0 aromatic heterocycles. The molecule has 1 aromatic carbocycles. The molecule has 1 aromatic rings. The second kappa shape index (κ2) is 9.25. The third-order valence-corrected chi connectivity index (χ3v) is 9.73. The number of nitrogens with zero attached hydrogens (tertiary/aromatic N) is 2. The minimum absolute atomic E-state index is 0.184. The van der Waals surface area contributed by atoms with Gasteiger partial charge in [-0.2, -0.15) is 0 Å². The van der Waals surface area contributed by atoms with Gasteiger partial charge in [0, 0.05) is 5.71 Å². The molecule has 1 heterocycles. The third kappa shape index (κ3) is 4.49. The molecule has 2 unspecified atom stereocenters. The Balaban J connectivity index is 1.26. The summed E-state index contributed by atoms with van der Waals surface area (Å²) >= 11 is 0. The Morgan fingerprint density at radius 1 is 0.971 bits per heavy atom. The topological polar surface area (TPSA) is 79.2 Å². The zero-order valence-corrected chi connectivity index (χ0v) is 20.6. The van der Waals surface area contributed by atoms with Gasteiger partial charge in [0.05, 0.1) is 0 Å². The van der Waals surface area contributed by atoms with Crippen LogP contribution in [-0.4, -0.2) is 40.0 Å². The van der Waals surface area contributed by atoms with E-state index in [9.17, 15) is 14.7 Å². The van der Waals surface area contributed by atoms with Crippen molar-refractivity contribution in [3.63, 3.8) is 0 Å². The van der Waals surface area contributed by atoms with Gasteiger partial charge >= 0.3 is 12.1 Å². The number of hydrogen-bond acceptors (Lipinski definition) is 4. The van der Waals surface area contributed by atoms with Crippen molar-refractivity contribution in [3.8, 4) is 5.75 Å². The average Bonchev–Trinajstić information content (AvgIpc) is 3.23. The van der Waals surface area contributed by atoms with Crippen LogP contribution in [0.3, 0.4) is 0 Å². The van der Waals surface area contributed by atoms with Gasteiger partial charge in [-0.15, -0.1) is 0 Å². The van der Waals surface area contributed by atoms with E-state index >= 15 is 0 Å². The highest BCUT2D eigenvalue weighted by atomic mass is 16.5. The van der Waals surface area contributed by atoms with E-state index in [-0.39, 0.29) is 5.92 Å². The molecular weight excluding hydrogens is 440 g/mol. The standard InChI is InChI=1S/C29H38N2O4/c32-27(35-23-9-5-2-6-10-23)25-24(30-26(31(25)28(33)34)22-7-3-1-4-8-22)11-12-29-16-19-13-20(17-29)15-21(14-19)18-29/h2,5-6,9-10,19-22,25-26H,1,3-4,7-8,11-18H2,(H,33,34). The molecular formula is C29H38N2O4. The zero-order valence-electron chi connectivity index (χ0n) is 20.6. The van der Waals surface area contributed by atoms with E-state index in [1.807, 2.05) is 18.2 Å². The molecule has 6 aliphatic rings. The van der Waals surface area contributed by atoms with Crippen LogP contribution in [0.15, 0.2) is 35.3 Å². The number of carboxylic acid groups (broad SMARTS) is 1. The maximum Gasteiger partial charge on any atom is 0.410 e. The third-order valence-electron chi connectivity index (χ3n) is 9.73. The molecule has 1 aliphatic heterocycles. The summed E-state index contributed by atoms with van der Waals surface area (Å²) in [5.74, 6) is 2.73. The van der Waals surface area contributed by atoms with Crippen molar-refractivity contribution >= 4 is 17.8 Å². The second-order valence-corrected chi connectivity index (χ2v) is 12.2. The molecule has 1 N–H and O–H groups in total. The normalized spacial score (nSPS) is 36.3. The number of rotatable bonds is 6. The molecule has 7 rings (SSSR count). The number of amides is 1. The molecule has 5 saturated carbocycles. The summed E-state index contributed by atoms with van der Waals surface area (Å²) in [6.07, 6.45) is 13.7. The fraction of sp³-hybridized carbons (Fsp3) is 0.690. The van der Waals surface area contributed by atoms with Gasteiger partial charge in [-0.3, -0.25) is 9.89 Å². The minimum Gasteiger partial charge on any atom is -0.465 e. The van der Waals surface area contributed by atoms with Crippen LogP contribution in [0.4, 0.5) is 4.79 Å². The molecule has 0 saturated heterocycles. The lowest BCUT2D eigenvalue weighted by molar-refractivity contribution is -0.137. The molecule has 0 spiro atoms. The van der Waals surface area contributed by atoms with Crippen molar-refractivity contribution in [1.82, 2.24) is 4.90 Å². The van der Waals surface area contributed by atoms with Crippen molar-refractivity contribution in [1.29, 1.82) is 0 Å².